The van der Waals surface area contributed by atoms with E-state index in [4.69, 9.17) is 32.4 Å². The Balaban J connectivity index is 1.49. The fourth-order valence-electron chi connectivity index (χ4n) is 2.95. The lowest BCUT2D eigenvalue weighted by Crippen LogP contribution is -2.20. The Morgan fingerprint density at radius 2 is 1.83 bits per heavy atom. The molecule has 1 heterocycles. The molecule has 0 aliphatic rings. The number of anilines is 1. The molecule has 1 amide bonds. The van der Waals surface area contributed by atoms with Crippen LogP contribution >= 0.6 is 23.2 Å². The van der Waals surface area contributed by atoms with E-state index in [9.17, 15) is 4.79 Å². The predicted octanol–water partition coefficient (Wildman–Crippen LogP) is 6.44. The molecule has 0 fully saturated rings. The van der Waals surface area contributed by atoms with Crippen molar-refractivity contribution in [1.82, 2.24) is 4.98 Å². The van der Waals surface area contributed by atoms with Gasteiger partial charge in [0, 0.05) is 10.6 Å². The number of benzene rings is 3. The fraction of sp³-hybridized carbons (Fsp3) is 0.130. The maximum Gasteiger partial charge on any atom is 0.262 e. The molecular formula is C23H18Cl2N2O3. The molecule has 7 heteroatoms. The standard InChI is InChI=1S/C23H18Cl2N2O3/c1-13-3-8-19-21(9-13)30-23(27-19)15-4-6-18(25)20(11-15)26-22(28)12-29-16-5-7-17(24)14(2)10-16/h3-11H,12H2,1-2H3,(H,26,28). The molecule has 30 heavy (non-hydrogen) atoms. The first-order valence-corrected chi connectivity index (χ1v) is 10.0. The van der Waals surface area contributed by atoms with Crippen LogP contribution in [0.3, 0.4) is 0 Å². The van der Waals surface area contributed by atoms with E-state index in [0.717, 1.165) is 16.6 Å². The molecule has 3 aromatic carbocycles. The molecule has 0 bridgehead atoms. The normalized spacial score (nSPS) is 10.9. The van der Waals surface area contributed by atoms with Crippen LogP contribution in [0.5, 0.6) is 5.75 Å². The largest absolute Gasteiger partial charge is 0.484 e. The van der Waals surface area contributed by atoms with Crippen LogP contribution in [0.2, 0.25) is 10.0 Å². The lowest BCUT2D eigenvalue weighted by atomic mass is 10.2. The summed E-state index contributed by atoms with van der Waals surface area (Å²) in [7, 11) is 0. The van der Waals surface area contributed by atoms with Crippen LogP contribution in [0, 0.1) is 13.8 Å². The van der Waals surface area contributed by atoms with Gasteiger partial charge in [-0.25, -0.2) is 4.98 Å². The highest BCUT2D eigenvalue weighted by Crippen LogP contribution is 2.31. The molecule has 5 nitrogen and oxygen atoms in total. The number of amides is 1. The monoisotopic (exact) mass is 440 g/mol. The molecule has 1 aromatic heterocycles. The molecule has 0 unspecified atom stereocenters. The van der Waals surface area contributed by atoms with Gasteiger partial charge in [-0.2, -0.15) is 0 Å². The van der Waals surface area contributed by atoms with Gasteiger partial charge in [-0.05, 0) is 73.5 Å². The third-order valence-corrected chi connectivity index (χ3v) is 5.28. The highest BCUT2D eigenvalue weighted by atomic mass is 35.5. The molecule has 1 N–H and O–H groups in total. The average Bonchev–Trinajstić information content (AvgIpc) is 3.13. The lowest BCUT2D eigenvalue weighted by molar-refractivity contribution is -0.118. The zero-order valence-electron chi connectivity index (χ0n) is 16.3. The van der Waals surface area contributed by atoms with Crippen LogP contribution < -0.4 is 10.1 Å². The summed E-state index contributed by atoms with van der Waals surface area (Å²) >= 11 is 12.3. The minimum Gasteiger partial charge on any atom is -0.484 e. The lowest BCUT2D eigenvalue weighted by Gasteiger charge is -2.10. The van der Waals surface area contributed by atoms with Crippen LogP contribution in [0.1, 0.15) is 11.1 Å². The van der Waals surface area contributed by atoms with Crippen LogP contribution in [-0.4, -0.2) is 17.5 Å². The van der Waals surface area contributed by atoms with Crippen molar-refractivity contribution in [3.63, 3.8) is 0 Å². The molecular weight excluding hydrogens is 423 g/mol. The second kappa shape index (κ2) is 8.38. The summed E-state index contributed by atoms with van der Waals surface area (Å²) in [4.78, 5) is 16.9. The summed E-state index contributed by atoms with van der Waals surface area (Å²) in [6.07, 6.45) is 0. The van der Waals surface area contributed by atoms with Gasteiger partial charge in [0.05, 0.1) is 10.7 Å². The molecule has 4 aromatic rings. The SMILES string of the molecule is Cc1ccc2nc(-c3ccc(Cl)c(NC(=O)COc4ccc(Cl)c(C)c4)c3)oc2c1. The topological polar surface area (TPSA) is 64.4 Å². The number of aryl methyl sites for hydroxylation is 2. The van der Waals surface area contributed by atoms with E-state index in [2.05, 4.69) is 10.3 Å². The first-order chi connectivity index (χ1) is 14.4. The van der Waals surface area contributed by atoms with Gasteiger partial charge < -0.3 is 14.5 Å². The van der Waals surface area contributed by atoms with Gasteiger partial charge >= 0.3 is 0 Å². The van der Waals surface area contributed by atoms with Crippen LogP contribution in [-0.2, 0) is 4.79 Å². The number of carbonyl (C=O) groups excluding carboxylic acids is 1. The van der Waals surface area contributed by atoms with Gasteiger partial charge in [-0.3, -0.25) is 4.79 Å². The van der Waals surface area contributed by atoms with E-state index < -0.39 is 0 Å². The van der Waals surface area contributed by atoms with Gasteiger partial charge in [0.1, 0.15) is 11.3 Å². The predicted molar refractivity (Wildman–Crippen MR) is 120 cm³/mol. The molecule has 4 rings (SSSR count). The molecule has 0 saturated carbocycles. The van der Waals surface area contributed by atoms with E-state index in [0.29, 0.717) is 38.5 Å². The molecule has 152 valence electrons. The Labute approximate surface area is 183 Å². The molecule has 0 saturated heterocycles. The first-order valence-electron chi connectivity index (χ1n) is 9.25. The van der Waals surface area contributed by atoms with Crippen molar-refractivity contribution in [3.05, 3.63) is 75.8 Å². The number of aromatic nitrogens is 1. The van der Waals surface area contributed by atoms with Crippen LogP contribution in [0.25, 0.3) is 22.6 Å². The summed E-state index contributed by atoms with van der Waals surface area (Å²) in [6.45, 7) is 3.70. The number of oxazole rings is 1. The minimum absolute atomic E-state index is 0.163. The molecule has 0 atom stereocenters. The second-order valence-electron chi connectivity index (χ2n) is 6.93. The first kappa shape index (κ1) is 20.3. The molecule has 0 radical (unpaired) electrons. The summed E-state index contributed by atoms with van der Waals surface area (Å²) in [6, 6.07) is 16.2. The zero-order chi connectivity index (χ0) is 21.3. The third-order valence-electron chi connectivity index (χ3n) is 4.53. The third kappa shape index (κ3) is 4.42. The van der Waals surface area contributed by atoms with Crippen LogP contribution in [0.4, 0.5) is 5.69 Å². The van der Waals surface area contributed by atoms with E-state index in [-0.39, 0.29) is 12.5 Å². The highest BCUT2D eigenvalue weighted by Gasteiger charge is 2.13. The quantitative estimate of drug-likeness (QED) is 0.387. The summed E-state index contributed by atoms with van der Waals surface area (Å²) < 4.78 is 11.4. The van der Waals surface area contributed by atoms with E-state index in [1.54, 1.807) is 36.4 Å². The maximum atomic E-state index is 12.4. The van der Waals surface area contributed by atoms with Gasteiger partial charge in [0.25, 0.3) is 5.91 Å². The van der Waals surface area contributed by atoms with Crippen molar-refractivity contribution in [2.45, 2.75) is 13.8 Å². The van der Waals surface area contributed by atoms with Gasteiger partial charge in [-0.15, -0.1) is 0 Å². The number of halogens is 2. The van der Waals surface area contributed by atoms with Gasteiger partial charge in [0.15, 0.2) is 12.2 Å². The smallest absolute Gasteiger partial charge is 0.262 e. The van der Waals surface area contributed by atoms with E-state index >= 15 is 0 Å². The summed E-state index contributed by atoms with van der Waals surface area (Å²) in [5, 5.41) is 3.82. The second-order valence-corrected chi connectivity index (χ2v) is 7.75. The number of carbonyl (C=O) groups is 1. The number of hydrogen-bond acceptors (Lipinski definition) is 4. The van der Waals surface area contributed by atoms with Crippen molar-refractivity contribution in [2.75, 3.05) is 11.9 Å². The van der Waals surface area contributed by atoms with Crippen molar-refractivity contribution >= 4 is 45.9 Å². The van der Waals surface area contributed by atoms with Crippen molar-refractivity contribution < 1.29 is 13.9 Å². The average molecular weight is 441 g/mol. The summed E-state index contributed by atoms with van der Waals surface area (Å²) in [5.74, 6) is 0.680. The molecule has 0 aliphatic heterocycles. The van der Waals surface area contributed by atoms with E-state index in [1.807, 2.05) is 32.0 Å². The van der Waals surface area contributed by atoms with Crippen LogP contribution in [0.15, 0.2) is 59.0 Å². The van der Waals surface area contributed by atoms with Gasteiger partial charge in [0.2, 0.25) is 5.89 Å². The number of rotatable bonds is 5. The van der Waals surface area contributed by atoms with Gasteiger partial charge in [-0.1, -0.05) is 29.3 Å². The Kier molecular flexibility index (Phi) is 5.66. The molecule has 0 spiro atoms. The number of nitrogens with one attached hydrogen (secondary N) is 1. The van der Waals surface area contributed by atoms with Crippen molar-refractivity contribution in [3.8, 4) is 17.2 Å². The number of fused-ring (bicyclic) bond motifs is 1. The Morgan fingerprint density at radius 3 is 2.63 bits per heavy atom. The number of hydrogen-bond donors (Lipinski definition) is 1. The fourth-order valence-corrected chi connectivity index (χ4v) is 3.23. The summed E-state index contributed by atoms with van der Waals surface area (Å²) in [5.41, 5.74) is 4.59. The maximum absolute atomic E-state index is 12.4. The van der Waals surface area contributed by atoms with Crippen molar-refractivity contribution in [1.29, 1.82) is 0 Å². The zero-order valence-corrected chi connectivity index (χ0v) is 17.8. The van der Waals surface area contributed by atoms with E-state index in [1.165, 1.54) is 0 Å². The number of ether oxygens (including phenoxy) is 1. The van der Waals surface area contributed by atoms with Crippen molar-refractivity contribution in [2.24, 2.45) is 0 Å². The highest BCUT2D eigenvalue weighted by molar-refractivity contribution is 6.33. The number of nitrogens with zero attached hydrogens (tertiary/aromatic N) is 1. The Morgan fingerprint density at radius 1 is 1.03 bits per heavy atom. The molecule has 0 aliphatic carbocycles. The Hall–Kier alpha value is -3.02. The minimum atomic E-state index is -0.338. The Bertz CT molecular complexity index is 1250.